The molecule has 0 aliphatic heterocycles. The van der Waals surface area contributed by atoms with Gasteiger partial charge in [-0.1, -0.05) is 72.4 Å². The van der Waals surface area contributed by atoms with E-state index in [1.807, 2.05) is 53.4 Å². The van der Waals surface area contributed by atoms with E-state index in [9.17, 15) is 4.79 Å². The first-order valence-electron chi connectivity index (χ1n) is 11.7. The van der Waals surface area contributed by atoms with E-state index in [0.717, 1.165) is 41.6 Å². The number of nitrogens with zero attached hydrogens (tertiary/aromatic N) is 4. The summed E-state index contributed by atoms with van der Waals surface area (Å²) in [5.74, 6) is 2.75. The molecule has 1 aliphatic carbocycles. The maximum atomic E-state index is 13.4. The molecule has 2 aromatic carbocycles. The maximum absolute atomic E-state index is 13.4. The van der Waals surface area contributed by atoms with Gasteiger partial charge >= 0.3 is 0 Å². The number of amides is 1. The van der Waals surface area contributed by atoms with Crippen molar-refractivity contribution in [1.82, 2.24) is 19.7 Å². The molecule has 174 valence electrons. The van der Waals surface area contributed by atoms with Crippen LogP contribution in [0.15, 0.2) is 88.6 Å². The van der Waals surface area contributed by atoms with Crippen LogP contribution in [-0.2, 0) is 24.3 Å². The van der Waals surface area contributed by atoms with Crippen LogP contribution in [0.4, 0.5) is 0 Å². The molecule has 2 heterocycles. The summed E-state index contributed by atoms with van der Waals surface area (Å²) in [6, 6.07) is 24.3. The summed E-state index contributed by atoms with van der Waals surface area (Å²) in [5.41, 5.74) is 2.36. The Morgan fingerprint density at radius 2 is 1.71 bits per heavy atom. The van der Waals surface area contributed by atoms with Gasteiger partial charge in [0, 0.05) is 19.0 Å². The van der Waals surface area contributed by atoms with Crippen LogP contribution in [-0.4, -0.2) is 37.9 Å². The average Bonchev–Trinajstić information content (AvgIpc) is 3.44. The lowest BCUT2D eigenvalue weighted by Gasteiger charge is -2.23. The molecule has 0 radical (unpaired) electrons. The number of thioether (sulfide) groups is 1. The van der Waals surface area contributed by atoms with Crippen LogP contribution in [0.5, 0.6) is 0 Å². The van der Waals surface area contributed by atoms with Gasteiger partial charge in [0.1, 0.15) is 11.6 Å². The molecule has 1 saturated carbocycles. The molecule has 1 amide bonds. The maximum Gasteiger partial charge on any atom is 0.233 e. The smallest absolute Gasteiger partial charge is 0.233 e. The van der Waals surface area contributed by atoms with E-state index in [1.54, 1.807) is 6.26 Å². The molecule has 1 aliphatic rings. The van der Waals surface area contributed by atoms with Crippen LogP contribution in [0.3, 0.4) is 0 Å². The van der Waals surface area contributed by atoms with E-state index in [1.165, 1.54) is 17.3 Å². The van der Waals surface area contributed by atoms with Crippen molar-refractivity contribution >= 4 is 17.7 Å². The van der Waals surface area contributed by atoms with Gasteiger partial charge in [-0.3, -0.25) is 9.36 Å². The Kier molecular flexibility index (Phi) is 7.10. The van der Waals surface area contributed by atoms with Gasteiger partial charge in [-0.25, -0.2) is 0 Å². The van der Waals surface area contributed by atoms with Crippen LogP contribution in [0.25, 0.3) is 0 Å². The fourth-order valence-electron chi connectivity index (χ4n) is 3.98. The molecule has 5 rings (SSSR count). The van der Waals surface area contributed by atoms with Crippen LogP contribution in [0, 0.1) is 0 Å². The first-order chi connectivity index (χ1) is 16.8. The summed E-state index contributed by atoms with van der Waals surface area (Å²) in [7, 11) is 0. The quantitative estimate of drug-likeness (QED) is 0.282. The van der Waals surface area contributed by atoms with Crippen molar-refractivity contribution < 1.29 is 9.21 Å². The lowest BCUT2D eigenvalue weighted by molar-refractivity contribution is -0.128. The highest BCUT2D eigenvalue weighted by molar-refractivity contribution is 7.99. The first kappa shape index (κ1) is 22.5. The van der Waals surface area contributed by atoms with Crippen molar-refractivity contribution in [3.63, 3.8) is 0 Å². The third kappa shape index (κ3) is 5.78. The fraction of sp³-hybridized carbons (Fsp3) is 0.296. The lowest BCUT2D eigenvalue weighted by Crippen LogP contribution is -2.34. The summed E-state index contributed by atoms with van der Waals surface area (Å²) in [4.78, 5) is 15.3. The van der Waals surface area contributed by atoms with Crippen LogP contribution in [0.1, 0.15) is 41.5 Å². The highest BCUT2D eigenvalue weighted by Crippen LogP contribution is 2.40. The number of furan rings is 1. The Morgan fingerprint density at radius 1 is 0.971 bits per heavy atom. The molecule has 2 aromatic heterocycles. The highest BCUT2D eigenvalue weighted by atomic mass is 32.2. The van der Waals surface area contributed by atoms with Crippen molar-refractivity contribution in [2.45, 2.75) is 43.4 Å². The average molecular weight is 473 g/mol. The zero-order chi connectivity index (χ0) is 23.2. The van der Waals surface area contributed by atoms with Crippen LogP contribution < -0.4 is 0 Å². The van der Waals surface area contributed by atoms with Crippen molar-refractivity contribution in [2.75, 3.05) is 12.3 Å². The molecule has 6 nitrogen and oxygen atoms in total. The van der Waals surface area contributed by atoms with Crippen molar-refractivity contribution in [3.05, 3.63) is 102 Å². The van der Waals surface area contributed by atoms with E-state index in [-0.39, 0.29) is 5.91 Å². The largest absolute Gasteiger partial charge is 0.467 e. The van der Waals surface area contributed by atoms with Gasteiger partial charge in [-0.2, -0.15) is 0 Å². The summed E-state index contributed by atoms with van der Waals surface area (Å²) in [6.07, 6.45) is 4.79. The predicted octanol–water partition coefficient (Wildman–Crippen LogP) is 5.16. The topological polar surface area (TPSA) is 64.2 Å². The second-order valence-corrected chi connectivity index (χ2v) is 9.55. The summed E-state index contributed by atoms with van der Waals surface area (Å²) < 4.78 is 7.67. The molecular weight excluding hydrogens is 444 g/mol. The molecule has 4 aromatic rings. The van der Waals surface area contributed by atoms with E-state index in [0.29, 0.717) is 31.3 Å². The molecule has 0 bridgehead atoms. The van der Waals surface area contributed by atoms with Crippen molar-refractivity contribution in [1.29, 1.82) is 0 Å². The highest BCUT2D eigenvalue weighted by Gasteiger charge is 2.31. The second-order valence-electron chi connectivity index (χ2n) is 8.61. The first-order valence-corrected chi connectivity index (χ1v) is 12.7. The SMILES string of the molecule is O=C(CSc1nnc(C2CC2)n1Cc1ccco1)N(CCc1ccccc1)Cc1ccccc1. The van der Waals surface area contributed by atoms with Crippen LogP contribution in [0.2, 0.25) is 0 Å². The minimum absolute atomic E-state index is 0.102. The number of aromatic nitrogens is 3. The zero-order valence-electron chi connectivity index (χ0n) is 19.0. The van der Waals surface area contributed by atoms with Gasteiger partial charge in [-0.05, 0) is 42.5 Å². The molecule has 0 spiro atoms. The van der Waals surface area contributed by atoms with Crippen molar-refractivity contribution in [3.8, 4) is 0 Å². The third-order valence-corrected chi connectivity index (χ3v) is 6.94. The van der Waals surface area contributed by atoms with E-state index in [2.05, 4.69) is 39.0 Å². The number of carbonyl (C=O) groups excluding carboxylic acids is 1. The molecular formula is C27H28N4O2S. The molecule has 0 atom stereocenters. The number of hydrogen-bond acceptors (Lipinski definition) is 5. The predicted molar refractivity (Wildman–Crippen MR) is 133 cm³/mol. The number of benzene rings is 2. The summed E-state index contributed by atoms with van der Waals surface area (Å²) in [6.45, 7) is 1.86. The van der Waals surface area contributed by atoms with Gasteiger partial charge in [0.15, 0.2) is 5.16 Å². The van der Waals surface area contributed by atoms with E-state index in [4.69, 9.17) is 4.42 Å². The lowest BCUT2D eigenvalue weighted by atomic mass is 10.1. The summed E-state index contributed by atoms with van der Waals surface area (Å²) in [5, 5.41) is 9.65. The van der Waals surface area contributed by atoms with Gasteiger partial charge in [-0.15, -0.1) is 10.2 Å². The summed E-state index contributed by atoms with van der Waals surface area (Å²) >= 11 is 1.46. The Morgan fingerprint density at radius 3 is 2.38 bits per heavy atom. The van der Waals surface area contributed by atoms with Crippen LogP contribution >= 0.6 is 11.8 Å². The molecule has 0 N–H and O–H groups in total. The molecule has 34 heavy (non-hydrogen) atoms. The number of rotatable bonds is 11. The van der Waals surface area contributed by atoms with Gasteiger partial charge in [0.25, 0.3) is 0 Å². The molecule has 0 saturated heterocycles. The molecule has 7 heteroatoms. The Bertz CT molecular complexity index is 1190. The third-order valence-electron chi connectivity index (χ3n) is 5.99. The standard InChI is InChI=1S/C27H28N4O2S/c32-25(30(18-22-10-5-2-6-11-22)16-15-21-8-3-1-4-9-21)20-34-27-29-28-26(23-13-14-23)31(27)19-24-12-7-17-33-24/h1-12,17,23H,13-16,18-20H2. The fourth-order valence-corrected chi connectivity index (χ4v) is 4.83. The zero-order valence-corrected chi connectivity index (χ0v) is 19.9. The normalized spacial score (nSPS) is 13.2. The van der Waals surface area contributed by atoms with Gasteiger partial charge in [0.2, 0.25) is 5.91 Å². The van der Waals surface area contributed by atoms with Crippen molar-refractivity contribution in [2.24, 2.45) is 0 Å². The van der Waals surface area contributed by atoms with E-state index < -0.39 is 0 Å². The number of hydrogen-bond donors (Lipinski definition) is 0. The number of carbonyl (C=O) groups is 1. The monoisotopic (exact) mass is 472 g/mol. The minimum Gasteiger partial charge on any atom is -0.467 e. The Hall–Kier alpha value is -3.32. The van der Waals surface area contributed by atoms with Gasteiger partial charge in [0.05, 0.1) is 18.6 Å². The molecule has 1 fully saturated rings. The second kappa shape index (κ2) is 10.7. The van der Waals surface area contributed by atoms with E-state index >= 15 is 0 Å². The minimum atomic E-state index is 0.102. The Labute approximate surface area is 204 Å². The molecule has 0 unspecified atom stereocenters. The Balaban J connectivity index is 1.28. The van der Waals surface area contributed by atoms with Gasteiger partial charge < -0.3 is 9.32 Å².